The van der Waals surface area contributed by atoms with Crippen LogP contribution in [-0.2, 0) is 9.59 Å². The second-order valence-corrected chi connectivity index (χ2v) is 8.43. The SMILES string of the molecule is Cc1ccc(NC(=O)CN2C(=O)S/C(=C\c3ccc(C(C)C)cc3)C2=O)cc1C. The maximum atomic E-state index is 12.6. The number of anilines is 1. The number of rotatable bonds is 5. The molecule has 6 heteroatoms. The van der Waals surface area contributed by atoms with Gasteiger partial charge in [0.1, 0.15) is 6.54 Å². The average Bonchev–Trinajstić information content (AvgIpc) is 2.92. The molecule has 150 valence electrons. The third-order valence-corrected chi connectivity index (χ3v) is 5.77. The van der Waals surface area contributed by atoms with Crippen molar-refractivity contribution in [1.29, 1.82) is 0 Å². The Morgan fingerprint density at radius 2 is 1.76 bits per heavy atom. The highest BCUT2D eigenvalue weighted by Gasteiger charge is 2.36. The third kappa shape index (κ3) is 4.95. The first-order valence-corrected chi connectivity index (χ1v) is 10.3. The molecule has 0 bridgehead atoms. The normalized spacial score (nSPS) is 15.5. The number of nitrogens with one attached hydrogen (secondary N) is 1. The van der Waals surface area contributed by atoms with E-state index in [-0.39, 0.29) is 6.54 Å². The van der Waals surface area contributed by atoms with Crippen molar-refractivity contribution >= 4 is 40.6 Å². The highest BCUT2D eigenvalue weighted by atomic mass is 32.2. The first-order valence-electron chi connectivity index (χ1n) is 9.47. The minimum Gasteiger partial charge on any atom is -0.325 e. The van der Waals surface area contributed by atoms with E-state index in [1.165, 1.54) is 5.56 Å². The first kappa shape index (κ1) is 20.9. The largest absolute Gasteiger partial charge is 0.325 e. The van der Waals surface area contributed by atoms with E-state index >= 15 is 0 Å². The lowest BCUT2D eigenvalue weighted by Gasteiger charge is -2.13. The smallest absolute Gasteiger partial charge is 0.294 e. The standard InChI is InChI=1S/C23H24N2O3S/c1-14(2)18-8-6-17(7-9-18)12-20-22(27)25(23(28)29-20)13-21(26)24-19-10-5-15(3)16(4)11-19/h5-12,14H,13H2,1-4H3,(H,24,26)/b20-12-. The molecule has 0 radical (unpaired) electrons. The molecule has 0 saturated carbocycles. The van der Waals surface area contributed by atoms with E-state index in [2.05, 4.69) is 19.2 Å². The molecule has 3 amide bonds. The Hall–Kier alpha value is -2.86. The van der Waals surface area contributed by atoms with Crippen LogP contribution in [0.3, 0.4) is 0 Å². The van der Waals surface area contributed by atoms with Crippen molar-refractivity contribution in [3.8, 4) is 0 Å². The van der Waals surface area contributed by atoms with Crippen molar-refractivity contribution in [2.45, 2.75) is 33.6 Å². The summed E-state index contributed by atoms with van der Waals surface area (Å²) in [5, 5.41) is 2.31. The third-order valence-electron chi connectivity index (χ3n) is 4.87. The Kier molecular flexibility index (Phi) is 6.23. The number of amides is 3. The van der Waals surface area contributed by atoms with Gasteiger partial charge in [-0.25, -0.2) is 0 Å². The van der Waals surface area contributed by atoms with E-state index < -0.39 is 17.1 Å². The Labute approximate surface area is 175 Å². The van der Waals surface area contributed by atoms with E-state index in [4.69, 9.17) is 0 Å². The number of benzene rings is 2. The lowest BCUT2D eigenvalue weighted by Crippen LogP contribution is -2.36. The fourth-order valence-electron chi connectivity index (χ4n) is 2.93. The Balaban J connectivity index is 1.68. The summed E-state index contributed by atoms with van der Waals surface area (Å²) in [5.41, 5.74) is 4.88. The average molecular weight is 409 g/mol. The van der Waals surface area contributed by atoms with Gasteiger partial charge in [-0.1, -0.05) is 44.2 Å². The molecule has 1 aliphatic heterocycles. The summed E-state index contributed by atoms with van der Waals surface area (Å²) >= 11 is 0.858. The van der Waals surface area contributed by atoms with Crippen molar-refractivity contribution in [3.63, 3.8) is 0 Å². The van der Waals surface area contributed by atoms with Gasteiger partial charge < -0.3 is 5.32 Å². The van der Waals surface area contributed by atoms with E-state index in [0.29, 0.717) is 16.5 Å². The maximum absolute atomic E-state index is 12.6. The fraction of sp³-hybridized carbons (Fsp3) is 0.261. The van der Waals surface area contributed by atoms with Gasteiger partial charge in [0.15, 0.2) is 0 Å². The molecule has 0 spiro atoms. The highest BCUT2D eigenvalue weighted by Crippen LogP contribution is 2.32. The van der Waals surface area contributed by atoms with Gasteiger partial charge in [-0.2, -0.15) is 0 Å². The number of aryl methyl sites for hydroxylation is 2. The van der Waals surface area contributed by atoms with Crippen molar-refractivity contribution in [3.05, 3.63) is 69.6 Å². The van der Waals surface area contributed by atoms with Gasteiger partial charge in [0.05, 0.1) is 4.91 Å². The predicted octanol–water partition coefficient (Wildman–Crippen LogP) is 5.10. The van der Waals surface area contributed by atoms with Crippen LogP contribution in [-0.4, -0.2) is 28.5 Å². The van der Waals surface area contributed by atoms with Gasteiger partial charge in [-0.05, 0) is 72.0 Å². The topological polar surface area (TPSA) is 66.5 Å². The van der Waals surface area contributed by atoms with Crippen molar-refractivity contribution in [1.82, 2.24) is 4.90 Å². The van der Waals surface area contributed by atoms with E-state index in [0.717, 1.165) is 33.4 Å². The van der Waals surface area contributed by atoms with Crippen molar-refractivity contribution in [2.24, 2.45) is 0 Å². The molecule has 3 rings (SSSR count). The van der Waals surface area contributed by atoms with Gasteiger partial charge >= 0.3 is 0 Å². The number of carbonyl (C=O) groups excluding carboxylic acids is 3. The van der Waals surface area contributed by atoms with Crippen LogP contribution in [0.2, 0.25) is 0 Å². The van der Waals surface area contributed by atoms with Crippen LogP contribution in [0.25, 0.3) is 6.08 Å². The molecule has 1 N–H and O–H groups in total. The lowest BCUT2D eigenvalue weighted by molar-refractivity contribution is -0.127. The Morgan fingerprint density at radius 3 is 2.38 bits per heavy atom. The fourth-order valence-corrected chi connectivity index (χ4v) is 3.77. The lowest BCUT2D eigenvalue weighted by atomic mass is 10.0. The Morgan fingerprint density at radius 1 is 1.07 bits per heavy atom. The number of hydrogen-bond acceptors (Lipinski definition) is 4. The summed E-state index contributed by atoms with van der Waals surface area (Å²) in [5.74, 6) is -0.423. The van der Waals surface area contributed by atoms with Gasteiger partial charge in [0, 0.05) is 5.69 Å². The number of nitrogens with zero attached hydrogens (tertiary/aromatic N) is 1. The zero-order valence-corrected chi connectivity index (χ0v) is 17.8. The number of thioether (sulfide) groups is 1. The summed E-state index contributed by atoms with van der Waals surface area (Å²) in [6.45, 7) is 7.87. The monoisotopic (exact) mass is 408 g/mol. The van der Waals surface area contributed by atoms with Crippen LogP contribution in [0.5, 0.6) is 0 Å². The molecule has 1 saturated heterocycles. The quantitative estimate of drug-likeness (QED) is 0.699. The van der Waals surface area contributed by atoms with E-state index in [9.17, 15) is 14.4 Å². The van der Waals surface area contributed by atoms with Crippen LogP contribution in [0.15, 0.2) is 47.4 Å². The highest BCUT2D eigenvalue weighted by molar-refractivity contribution is 8.18. The molecular weight excluding hydrogens is 384 g/mol. The van der Waals surface area contributed by atoms with Crippen LogP contribution in [0.4, 0.5) is 10.5 Å². The number of carbonyl (C=O) groups is 3. The molecular formula is C23H24N2O3S. The van der Waals surface area contributed by atoms with Crippen LogP contribution >= 0.6 is 11.8 Å². The maximum Gasteiger partial charge on any atom is 0.294 e. The van der Waals surface area contributed by atoms with Crippen molar-refractivity contribution in [2.75, 3.05) is 11.9 Å². The molecule has 0 aliphatic carbocycles. The summed E-state index contributed by atoms with van der Waals surface area (Å²) in [4.78, 5) is 38.5. The molecule has 0 atom stereocenters. The number of hydrogen-bond donors (Lipinski definition) is 1. The molecule has 0 aromatic heterocycles. The minimum absolute atomic E-state index is 0.304. The second-order valence-electron chi connectivity index (χ2n) is 7.44. The van der Waals surface area contributed by atoms with Crippen LogP contribution in [0.1, 0.15) is 42.0 Å². The number of imide groups is 1. The molecule has 1 fully saturated rings. The minimum atomic E-state index is -0.442. The molecule has 1 aliphatic rings. The molecule has 29 heavy (non-hydrogen) atoms. The molecule has 2 aromatic rings. The first-order chi connectivity index (χ1) is 13.7. The van der Waals surface area contributed by atoms with Crippen molar-refractivity contribution < 1.29 is 14.4 Å². The van der Waals surface area contributed by atoms with E-state index in [1.807, 2.05) is 50.2 Å². The van der Waals surface area contributed by atoms with Gasteiger partial charge in [-0.15, -0.1) is 0 Å². The van der Waals surface area contributed by atoms with Crippen LogP contribution in [0, 0.1) is 13.8 Å². The zero-order chi connectivity index (χ0) is 21.1. The molecule has 5 nitrogen and oxygen atoms in total. The second kappa shape index (κ2) is 8.66. The summed E-state index contributed by atoms with van der Waals surface area (Å²) in [6.07, 6.45) is 1.69. The van der Waals surface area contributed by atoms with Gasteiger partial charge in [-0.3, -0.25) is 19.3 Å². The molecule has 2 aromatic carbocycles. The predicted molar refractivity (Wildman–Crippen MR) is 118 cm³/mol. The summed E-state index contributed by atoms with van der Waals surface area (Å²) in [6, 6.07) is 13.5. The zero-order valence-electron chi connectivity index (χ0n) is 17.0. The summed E-state index contributed by atoms with van der Waals surface area (Å²) in [7, 11) is 0. The summed E-state index contributed by atoms with van der Waals surface area (Å²) < 4.78 is 0. The van der Waals surface area contributed by atoms with Crippen LogP contribution < -0.4 is 5.32 Å². The molecule has 0 unspecified atom stereocenters. The van der Waals surface area contributed by atoms with Gasteiger partial charge in [0.2, 0.25) is 5.91 Å². The Bertz CT molecular complexity index is 994. The van der Waals surface area contributed by atoms with Gasteiger partial charge in [0.25, 0.3) is 11.1 Å². The van der Waals surface area contributed by atoms with E-state index in [1.54, 1.807) is 12.1 Å². The molecule has 1 heterocycles.